The number of hydrogen-bond acceptors (Lipinski definition) is 2. The summed E-state index contributed by atoms with van der Waals surface area (Å²) in [5.74, 6) is 0.877. The van der Waals surface area contributed by atoms with E-state index in [1.807, 2.05) is 44.4 Å². The average Bonchev–Trinajstić information content (AvgIpc) is 2.55. The van der Waals surface area contributed by atoms with Gasteiger partial charge in [0, 0.05) is 30.2 Å². The first kappa shape index (κ1) is 19.0. The second-order valence-corrected chi connectivity index (χ2v) is 7.51. The first-order chi connectivity index (χ1) is 11.5. The average molecular weight is 349 g/mol. The van der Waals surface area contributed by atoms with Crippen molar-refractivity contribution in [3.63, 3.8) is 0 Å². The zero-order chi connectivity index (χ0) is 17.5. The summed E-state index contributed by atoms with van der Waals surface area (Å²) in [6.07, 6.45) is 8.16. The van der Waals surface area contributed by atoms with Gasteiger partial charge in [-0.05, 0) is 63.4 Å². The van der Waals surface area contributed by atoms with E-state index in [0.717, 1.165) is 37.4 Å². The van der Waals surface area contributed by atoms with Gasteiger partial charge < -0.3 is 9.80 Å². The molecule has 0 atom stereocenters. The molecule has 0 radical (unpaired) electrons. The van der Waals surface area contributed by atoms with Gasteiger partial charge in [-0.3, -0.25) is 4.79 Å². The van der Waals surface area contributed by atoms with Gasteiger partial charge in [0.1, 0.15) is 0 Å². The number of halogens is 1. The van der Waals surface area contributed by atoms with E-state index in [2.05, 4.69) is 16.7 Å². The molecule has 1 saturated carbocycles. The molecule has 3 nitrogen and oxygen atoms in total. The SMILES string of the molecule is CC1CCC(N(CCN(C)C)C(=O)/C=C/c2ccccc2Cl)CC1. The molecule has 4 heteroatoms. The molecule has 1 aliphatic carbocycles. The Morgan fingerprint density at radius 3 is 2.46 bits per heavy atom. The van der Waals surface area contributed by atoms with Gasteiger partial charge in [-0.2, -0.15) is 0 Å². The third kappa shape index (κ3) is 5.64. The molecule has 1 aromatic carbocycles. The van der Waals surface area contributed by atoms with E-state index in [1.54, 1.807) is 6.08 Å². The molecule has 24 heavy (non-hydrogen) atoms. The zero-order valence-corrected chi connectivity index (χ0v) is 15.8. The van der Waals surface area contributed by atoms with Crippen LogP contribution in [-0.2, 0) is 4.79 Å². The van der Waals surface area contributed by atoms with Crippen LogP contribution in [0.25, 0.3) is 6.08 Å². The molecule has 1 amide bonds. The molecule has 0 aromatic heterocycles. The molecule has 0 heterocycles. The summed E-state index contributed by atoms with van der Waals surface area (Å²) >= 11 is 6.17. The molecule has 132 valence electrons. The van der Waals surface area contributed by atoms with Crippen molar-refractivity contribution in [2.45, 2.75) is 38.6 Å². The Kier molecular flexibility index (Phi) is 7.32. The highest BCUT2D eigenvalue weighted by atomic mass is 35.5. The predicted molar refractivity (Wildman–Crippen MR) is 102 cm³/mol. The van der Waals surface area contributed by atoms with E-state index >= 15 is 0 Å². The van der Waals surface area contributed by atoms with Crippen LogP contribution < -0.4 is 0 Å². The summed E-state index contributed by atoms with van der Waals surface area (Å²) in [7, 11) is 4.09. The van der Waals surface area contributed by atoms with Gasteiger partial charge in [0.15, 0.2) is 0 Å². The minimum absolute atomic E-state index is 0.0938. The monoisotopic (exact) mass is 348 g/mol. The molecule has 2 rings (SSSR count). The fraction of sp³-hybridized carbons (Fsp3) is 0.550. The fourth-order valence-electron chi connectivity index (χ4n) is 3.20. The maximum atomic E-state index is 12.8. The summed E-state index contributed by atoms with van der Waals surface area (Å²) in [5, 5.41) is 0.674. The Bertz CT molecular complexity index is 563. The van der Waals surface area contributed by atoms with Crippen LogP contribution in [0, 0.1) is 5.92 Å². The van der Waals surface area contributed by atoms with Crippen molar-refractivity contribution in [2.75, 3.05) is 27.2 Å². The van der Waals surface area contributed by atoms with Gasteiger partial charge in [0.2, 0.25) is 5.91 Å². The van der Waals surface area contributed by atoms with Crippen molar-refractivity contribution in [3.05, 3.63) is 40.9 Å². The highest BCUT2D eigenvalue weighted by Gasteiger charge is 2.26. The zero-order valence-electron chi connectivity index (χ0n) is 15.0. The van der Waals surface area contributed by atoms with Gasteiger partial charge in [0.05, 0.1) is 0 Å². The Labute approximate surface area is 151 Å². The molecule has 0 unspecified atom stereocenters. The van der Waals surface area contributed by atoms with Crippen LogP contribution in [-0.4, -0.2) is 48.9 Å². The van der Waals surface area contributed by atoms with Crippen LogP contribution in [0.1, 0.15) is 38.2 Å². The number of rotatable bonds is 6. The van der Waals surface area contributed by atoms with Crippen LogP contribution in [0.3, 0.4) is 0 Å². The van der Waals surface area contributed by atoms with E-state index in [1.165, 1.54) is 12.8 Å². The van der Waals surface area contributed by atoms with Gasteiger partial charge in [-0.1, -0.05) is 36.7 Å². The van der Waals surface area contributed by atoms with Gasteiger partial charge in [-0.15, -0.1) is 0 Å². The van der Waals surface area contributed by atoms with Crippen LogP contribution in [0.5, 0.6) is 0 Å². The van der Waals surface area contributed by atoms with E-state index in [4.69, 9.17) is 11.6 Å². The van der Waals surface area contributed by atoms with Gasteiger partial charge >= 0.3 is 0 Å². The predicted octanol–water partition coefficient (Wildman–Crippen LogP) is 4.32. The standard InChI is InChI=1S/C20H29ClN2O/c1-16-8-11-18(12-9-16)23(15-14-22(2)3)20(24)13-10-17-6-4-5-7-19(17)21/h4-7,10,13,16,18H,8-9,11-12,14-15H2,1-3H3/b13-10+. The molecule has 0 aliphatic heterocycles. The fourth-order valence-corrected chi connectivity index (χ4v) is 3.40. The molecule has 1 fully saturated rings. The third-order valence-corrected chi connectivity index (χ3v) is 5.15. The molecule has 1 aliphatic rings. The number of carbonyl (C=O) groups is 1. The molecule has 0 spiro atoms. The molecule has 1 aromatic rings. The molecule has 0 bridgehead atoms. The largest absolute Gasteiger partial charge is 0.335 e. The van der Waals surface area contributed by atoms with Crippen molar-refractivity contribution in [2.24, 2.45) is 5.92 Å². The summed E-state index contributed by atoms with van der Waals surface area (Å²) < 4.78 is 0. The number of nitrogens with zero attached hydrogens (tertiary/aromatic N) is 2. The first-order valence-electron chi connectivity index (χ1n) is 8.85. The quantitative estimate of drug-likeness (QED) is 0.715. The molecular formula is C20H29ClN2O. The number of hydrogen-bond donors (Lipinski definition) is 0. The number of benzene rings is 1. The minimum Gasteiger partial charge on any atom is -0.335 e. The minimum atomic E-state index is 0.0938. The Morgan fingerprint density at radius 2 is 1.83 bits per heavy atom. The van der Waals surface area contributed by atoms with E-state index < -0.39 is 0 Å². The highest BCUT2D eigenvalue weighted by Crippen LogP contribution is 2.27. The van der Waals surface area contributed by atoms with E-state index in [0.29, 0.717) is 11.1 Å². The summed E-state index contributed by atoms with van der Waals surface area (Å²) in [5.41, 5.74) is 0.886. The first-order valence-corrected chi connectivity index (χ1v) is 9.23. The number of likely N-dealkylation sites (N-methyl/N-ethyl adjacent to an activating group) is 1. The number of amides is 1. The van der Waals surface area contributed by atoms with Crippen molar-refractivity contribution in [1.29, 1.82) is 0 Å². The lowest BCUT2D eigenvalue weighted by molar-refractivity contribution is -0.129. The van der Waals surface area contributed by atoms with Crippen LogP contribution in [0.2, 0.25) is 5.02 Å². The lowest BCUT2D eigenvalue weighted by atomic mass is 9.86. The Hall–Kier alpha value is -1.32. The van der Waals surface area contributed by atoms with Crippen molar-refractivity contribution in [1.82, 2.24) is 9.80 Å². The molecule has 0 saturated heterocycles. The van der Waals surface area contributed by atoms with Crippen molar-refractivity contribution in [3.8, 4) is 0 Å². The van der Waals surface area contributed by atoms with Crippen LogP contribution in [0.15, 0.2) is 30.3 Å². The smallest absolute Gasteiger partial charge is 0.246 e. The highest BCUT2D eigenvalue weighted by molar-refractivity contribution is 6.32. The second kappa shape index (κ2) is 9.24. The van der Waals surface area contributed by atoms with Crippen molar-refractivity contribution < 1.29 is 4.79 Å². The Morgan fingerprint density at radius 1 is 1.17 bits per heavy atom. The topological polar surface area (TPSA) is 23.6 Å². The number of carbonyl (C=O) groups excluding carboxylic acids is 1. The lowest BCUT2D eigenvalue weighted by Crippen LogP contribution is -2.44. The summed E-state index contributed by atoms with van der Waals surface area (Å²) in [6.45, 7) is 3.97. The second-order valence-electron chi connectivity index (χ2n) is 7.10. The summed E-state index contributed by atoms with van der Waals surface area (Å²) in [4.78, 5) is 17.0. The maximum Gasteiger partial charge on any atom is 0.246 e. The third-order valence-electron chi connectivity index (χ3n) is 4.81. The normalized spacial score (nSPS) is 21.4. The van der Waals surface area contributed by atoms with E-state index in [-0.39, 0.29) is 5.91 Å². The lowest BCUT2D eigenvalue weighted by Gasteiger charge is -2.36. The van der Waals surface area contributed by atoms with Gasteiger partial charge in [0.25, 0.3) is 0 Å². The van der Waals surface area contributed by atoms with Crippen LogP contribution >= 0.6 is 11.6 Å². The summed E-state index contributed by atoms with van der Waals surface area (Å²) in [6, 6.07) is 7.97. The maximum absolute atomic E-state index is 12.8. The molecule has 0 N–H and O–H groups in total. The Balaban J connectivity index is 2.07. The molecular weight excluding hydrogens is 320 g/mol. The van der Waals surface area contributed by atoms with Gasteiger partial charge in [-0.25, -0.2) is 0 Å². The van der Waals surface area contributed by atoms with E-state index in [9.17, 15) is 4.79 Å². The van der Waals surface area contributed by atoms with Crippen molar-refractivity contribution >= 4 is 23.6 Å². The van der Waals surface area contributed by atoms with Crippen LogP contribution in [0.4, 0.5) is 0 Å².